The van der Waals surface area contributed by atoms with Crippen LogP contribution >= 0.6 is 0 Å². The van der Waals surface area contributed by atoms with Gasteiger partial charge in [-0.3, -0.25) is 9.59 Å². The number of aliphatic carboxylic acids is 1. The second kappa shape index (κ2) is 5.62. The average Bonchev–Trinajstić information content (AvgIpc) is 2.27. The van der Waals surface area contributed by atoms with Crippen molar-refractivity contribution < 1.29 is 19.5 Å². The molecule has 2 unspecified atom stereocenters. The Kier molecular flexibility index (Phi) is 4.45. The summed E-state index contributed by atoms with van der Waals surface area (Å²) in [6, 6.07) is -1.89. The Morgan fingerprint density at radius 1 is 1.35 bits per heavy atom. The number of carbonyl (C=O) groups is 3. The van der Waals surface area contributed by atoms with Crippen molar-refractivity contribution in [3.8, 4) is 0 Å². The number of nitrogens with zero attached hydrogens (tertiary/aromatic N) is 1. The lowest BCUT2D eigenvalue weighted by Crippen LogP contribution is -2.54. The van der Waals surface area contributed by atoms with Gasteiger partial charge in [-0.15, -0.1) is 0 Å². The third-order valence-corrected chi connectivity index (χ3v) is 2.81. The Balaban J connectivity index is 2.70. The lowest BCUT2D eigenvalue weighted by atomic mass is 10.0. The van der Waals surface area contributed by atoms with Crippen LogP contribution in [0.1, 0.15) is 25.7 Å². The van der Waals surface area contributed by atoms with Crippen molar-refractivity contribution in [1.82, 2.24) is 4.90 Å². The summed E-state index contributed by atoms with van der Waals surface area (Å²) in [5.74, 6) is -2.23. The molecule has 5 N–H and O–H groups in total. The molecule has 2 atom stereocenters. The maximum absolute atomic E-state index is 11.9. The molecule has 1 fully saturated rings. The minimum atomic E-state index is -1.05. The predicted molar refractivity (Wildman–Crippen MR) is 58.8 cm³/mol. The molecule has 7 nitrogen and oxygen atoms in total. The predicted octanol–water partition coefficient (Wildman–Crippen LogP) is -1.35. The minimum Gasteiger partial charge on any atom is -0.480 e. The van der Waals surface area contributed by atoms with Gasteiger partial charge in [0.25, 0.3) is 0 Å². The lowest BCUT2D eigenvalue weighted by molar-refractivity contribution is -0.152. The summed E-state index contributed by atoms with van der Waals surface area (Å²) in [6.07, 6.45) is 1.68. The smallest absolute Gasteiger partial charge is 0.326 e. The van der Waals surface area contributed by atoms with Gasteiger partial charge >= 0.3 is 5.97 Å². The third-order valence-electron chi connectivity index (χ3n) is 2.81. The van der Waals surface area contributed by atoms with Crippen molar-refractivity contribution in [3.63, 3.8) is 0 Å². The molecule has 0 aromatic rings. The van der Waals surface area contributed by atoms with Crippen molar-refractivity contribution in [2.75, 3.05) is 6.54 Å². The highest BCUT2D eigenvalue weighted by atomic mass is 16.4. The van der Waals surface area contributed by atoms with Gasteiger partial charge in [0.05, 0.1) is 12.5 Å². The van der Waals surface area contributed by atoms with Gasteiger partial charge in [0.15, 0.2) is 0 Å². The quantitative estimate of drug-likeness (QED) is 0.563. The molecule has 96 valence electrons. The summed E-state index contributed by atoms with van der Waals surface area (Å²) in [7, 11) is 0. The van der Waals surface area contributed by atoms with E-state index in [9.17, 15) is 14.4 Å². The number of hydrogen-bond acceptors (Lipinski definition) is 4. The van der Waals surface area contributed by atoms with E-state index >= 15 is 0 Å². The van der Waals surface area contributed by atoms with E-state index in [1.165, 1.54) is 4.90 Å². The molecule has 1 aliphatic rings. The maximum Gasteiger partial charge on any atom is 0.326 e. The molecule has 0 radical (unpaired) electrons. The van der Waals surface area contributed by atoms with Crippen LogP contribution in [0, 0.1) is 0 Å². The van der Waals surface area contributed by atoms with Crippen molar-refractivity contribution in [1.29, 1.82) is 0 Å². The molecule has 2 amide bonds. The first kappa shape index (κ1) is 13.4. The average molecular weight is 243 g/mol. The standard InChI is InChI=1S/C10H17N3O4/c11-6(5-8(12)14)9(15)13-4-2-1-3-7(13)10(16)17/h6-7H,1-5,11H2,(H2,12,14)(H,16,17). The number of carboxylic acid groups (broad SMARTS) is 1. The molecule has 1 saturated heterocycles. The molecular weight excluding hydrogens is 226 g/mol. The van der Waals surface area contributed by atoms with Gasteiger partial charge in [-0.05, 0) is 19.3 Å². The van der Waals surface area contributed by atoms with Crippen molar-refractivity contribution in [3.05, 3.63) is 0 Å². The molecule has 0 spiro atoms. The first-order valence-corrected chi connectivity index (χ1v) is 5.50. The van der Waals surface area contributed by atoms with Crippen LogP contribution in [-0.4, -0.2) is 46.4 Å². The number of carboxylic acids is 1. The molecule has 0 bridgehead atoms. The van der Waals surface area contributed by atoms with E-state index < -0.39 is 29.9 Å². The SMILES string of the molecule is NC(=O)CC(N)C(=O)N1CCCCC1C(=O)O. The number of piperidine rings is 1. The number of primary amides is 1. The van der Waals surface area contributed by atoms with Crippen molar-refractivity contribution in [2.24, 2.45) is 11.5 Å². The fourth-order valence-corrected chi connectivity index (χ4v) is 1.97. The molecule has 0 aliphatic carbocycles. The zero-order valence-electron chi connectivity index (χ0n) is 9.46. The Bertz CT molecular complexity index is 332. The molecule has 0 saturated carbocycles. The number of amides is 2. The van der Waals surface area contributed by atoms with Gasteiger partial charge < -0.3 is 21.5 Å². The van der Waals surface area contributed by atoms with Gasteiger partial charge in [-0.2, -0.15) is 0 Å². The zero-order valence-corrected chi connectivity index (χ0v) is 9.46. The number of hydrogen-bond donors (Lipinski definition) is 3. The van der Waals surface area contributed by atoms with Crippen molar-refractivity contribution in [2.45, 2.75) is 37.8 Å². The van der Waals surface area contributed by atoms with Crippen LogP contribution in [0.3, 0.4) is 0 Å². The minimum absolute atomic E-state index is 0.262. The van der Waals surface area contributed by atoms with Crippen LogP contribution < -0.4 is 11.5 Å². The van der Waals surface area contributed by atoms with Gasteiger partial charge in [-0.25, -0.2) is 4.79 Å². The van der Waals surface area contributed by atoms with Crippen molar-refractivity contribution >= 4 is 17.8 Å². The van der Waals surface area contributed by atoms with E-state index in [2.05, 4.69) is 0 Å². The molecule has 0 aromatic heterocycles. The van der Waals surface area contributed by atoms with Crippen LogP contribution in [0.25, 0.3) is 0 Å². The van der Waals surface area contributed by atoms with Crippen LogP contribution in [0.15, 0.2) is 0 Å². The Morgan fingerprint density at radius 3 is 2.53 bits per heavy atom. The summed E-state index contributed by atoms with van der Waals surface area (Å²) in [5.41, 5.74) is 10.5. The monoisotopic (exact) mass is 243 g/mol. The van der Waals surface area contributed by atoms with E-state index in [-0.39, 0.29) is 6.42 Å². The highest BCUT2D eigenvalue weighted by Crippen LogP contribution is 2.18. The summed E-state index contributed by atoms with van der Waals surface area (Å²) < 4.78 is 0. The van der Waals surface area contributed by atoms with E-state index in [0.29, 0.717) is 13.0 Å². The van der Waals surface area contributed by atoms with E-state index in [1.54, 1.807) is 0 Å². The van der Waals surface area contributed by atoms with Gasteiger partial charge in [-0.1, -0.05) is 0 Å². The van der Waals surface area contributed by atoms with E-state index in [1.807, 2.05) is 0 Å². The number of nitrogens with two attached hydrogens (primary N) is 2. The normalized spacial score (nSPS) is 21.9. The lowest BCUT2D eigenvalue weighted by Gasteiger charge is -2.34. The van der Waals surface area contributed by atoms with Crippen LogP contribution in [-0.2, 0) is 14.4 Å². The van der Waals surface area contributed by atoms with E-state index in [4.69, 9.17) is 16.6 Å². The Hall–Kier alpha value is -1.63. The molecule has 17 heavy (non-hydrogen) atoms. The molecule has 1 heterocycles. The highest BCUT2D eigenvalue weighted by molar-refractivity contribution is 5.90. The molecule has 7 heteroatoms. The third kappa shape index (κ3) is 3.42. The van der Waals surface area contributed by atoms with Gasteiger partial charge in [0.1, 0.15) is 6.04 Å². The highest BCUT2D eigenvalue weighted by Gasteiger charge is 2.34. The first-order valence-electron chi connectivity index (χ1n) is 5.50. The second-order valence-corrected chi connectivity index (χ2v) is 4.16. The molecule has 1 aliphatic heterocycles. The Labute approximate surface area is 98.7 Å². The molecule has 0 aromatic carbocycles. The van der Waals surface area contributed by atoms with E-state index in [0.717, 1.165) is 12.8 Å². The molecule has 1 rings (SSSR count). The molecular formula is C10H17N3O4. The summed E-state index contributed by atoms with van der Waals surface area (Å²) in [4.78, 5) is 34.8. The summed E-state index contributed by atoms with van der Waals surface area (Å²) in [5, 5.41) is 8.99. The van der Waals surface area contributed by atoms with Crippen LogP contribution in [0.2, 0.25) is 0 Å². The number of rotatable bonds is 4. The summed E-state index contributed by atoms with van der Waals surface area (Å²) in [6.45, 7) is 0.363. The zero-order chi connectivity index (χ0) is 13.0. The topological polar surface area (TPSA) is 127 Å². The summed E-state index contributed by atoms with van der Waals surface area (Å²) >= 11 is 0. The fraction of sp³-hybridized carbons (Fsp3) is 0.700. The van der Waals surface area contributed by atoms with Crippen LogP contribution in [0.5, 0.6) is 0 Å². The first-order chi connectivity index (χ1) is 7.93. The Morgan fingerprint density at radius 2 is 2.00 bits per heavy atom. The number of carbonyl (C=O) groups excluding carboxylic acids is 2. The number of likely N-dealkylation sites (tertiary alicyclic amines) is 1. The maximum atomic E-state index is 11.9. The van der Waals surface area contributed by atoms with Crippen LogP contribution in [0.4, 0.5) is 0 Å². The fourth-order valence-electron chi connectivity index (χ4n) is 1.97. The second-order valence-electron chi connectivity index (χ2n) is 4.16. The van der Waals surface area contributed by atoms with Gasteiger partial charge in [0.2, 0.25) is 11.8 Å². The van der Waals surface area contributed by atoms with Gasteiger partial charge in [0, 0.05) is 6.54 Å². The largest absolute Gasteiger partial charge is 0.480 e.